The van der Waals surface area contributed by atoms with Crippen molar-refractivity contribution in [3.05, 3.63) is 34.9 Å². The Labute approximate surface area is 127 Å². The summed E-state index contributed by atoms with van der Waals surface area (Å²) in [4.78, 5) is 25.2. The third kappa shape index (κ3) is 2.70. The Hall–Kier alpha value is -1.75. The first-order valence-corrected chi connectivity index (χ1v) is 7.44. The van der Waals surface area contributed by atoms with Gasteiger partial charge in [-0.25, -0.2) is 4.79 Å². The third-order valence-electron chi connectivity index (χ3n) is 4.36. The Kier molecular flexibility index (Phi) is 3.53. The molecule has 0 radical (unpaired) electrons. The maximum atomic E-state index is 12.8. The predicted molar refractivity (Wildman–Crippen MR) is 78.5 cm³/mol. The van der Waals surface area contributed by atoms with Crippen molar-refractivity contribution in [2.24, 2.45) is 0 Å². The van der Waals surface area contributed by atoms with Crippen LogP contribution in [-0.2, 0) is 10.2 Å². The second-order valence-corrected chi connectivity index (χ2v) is 6.21. The van der Waals surface area contributed by atoms with E-state index in [1.807, 2.05) is 24.3 Å². The molecule has 0 bridgehead atoms. The van der Waals surface area contributed by atoms with E-state index in [9.17, 15) is 9.59 Å². The molecule has 0 aromatic heterocycles. The highest BCUT2D eigenvalue weighted by Gasteiger charge is 2.53. The van der Waals surface area contributed by atoms with E-state index < -0.39 is 11.5 Å². The van der Waals surface area contributed by atoms with Crippen LogP contribution in [0.25, 0.3) is 0 Å². The number of amides is 2. The first kappa shape index (κ1) is 14.2. The van der Waals surface area contributed by atoms with Gasteiger partial charge in [0.25, 0.3) is 0 Å². The molecule has 2 aliphatic rings. The quantitative estimate of drug-likeness (QED) is 0.899. The molecule has 112 valence electrons. The number of carboxylic acid groups (broad SMARTS) is 1. The topological polar surface area (TPSA) is 69.6 Å². The normalized spacial score (nSPS) is 22.9. The summed E-state index contributed by atoms with van der Waals surface area (Å²) in [7, 11) is 0. The third-order valence-corrected chi connectivity index (χ3v) is 4.61. The molecule has 5 nitrogen and oxygen atoms in total. The minimum absolute atomic E-state index is 0.111. The van der Waals surface area contributed by atoms with Crippen molar-refractivity contribution < 1.29 is 14.7 Å². The largest absolute Gasteiger partial charge is 0.465 e. The van der Waals surface area contributed by atoms with Gasteiger partial charge in [0.05, 0.1) is 11.5 Å². The summed E-state index contributed by atoms with van der Waals surface area (Å²) in [6.45, 7) is 1.07. The van der Waals surface area contributed by atoms with E-state index in [-0.39, 0.29) is 11.9 Å². The summed E-state index contributed by atoms with van der Waals surface area (Å²) in [6, 6.07) is 7.28. The fourth-order valence-electron chi connectivity index (χ4n) is 3.06. The summed E-state index contributed by atoms with van der Waals surface area (Å²) in [6.07, 6.45) is 1.34. The molecule has 1 aliphatic heterocycles. The lowest BCUT2D eigenvalue weighted by molar-refractivity contribution is -0.133. The maximum absolute atomic E-state index is 12.8. The molecule has 1 aliphatic carbocycles. The van der Waals surface area contributed by atoms with Gasteiger partial charge in [-0.1, -0.05) is 23.7 Å². The lowest BCUT2D eigenvalue weighted by Gasteiger charge is -2.23. The number of benzene rings is 1. The van der Waals surface area contributed by atoms with Crippen molar-refractivity contribution in [2.45, 2.75) is 30.7 Å². The van der Waals surface area contributed by atoms with Crippen molar-refractivity contribution in [1.82, 2.24) is 10.2 Å². The van der Waals surface area contributed by atoms with Gasteiger partial charge in [0.2, 0.25) is 5.91 Å². The van der Waals surface area contributed by atoms with Crippen molar-refractivity contribution in [1.29, 1.82) is 0 Å². The average Bonchev–Trinajstić information content (AvgIpc) is 3.13. The molecule has 0 spiro atoms. The van der Waals surface area contributed by atoms with Gasteiger partial charge < -0.3 is 15.3 Å². The van der Waals surface area contributed by atoms with Crippen LogP contribution in [0.4, 0.5) is 4.79 Å². The van der Waals surface area contributed by atoms with Gasteiger partial charge in [0.1, 0.15) is 0 Å². The Morgan fingerprint density at radius 1 is 1.29 bits per heavy atom. The maximum Gasteiger partial charge on any atom is 0.404 e. The van der Waals surface area contributed by atoms with Crippen LogP contribution in [0.2, 0.25) is 5.02 Å². The highest BCUT2D eigenvalue weighted by Crippen LogP contribution is 2.50. The molecule has 2 fully saturated rings. The molecule has 6 heteroatoms. The number of hydrogen-bond donors (Lipinski definition) is 2. The van der Waals surface area contributed by atoms with E-state index in [0.717, 1.165) is 18.4 Å². The molecule has 3 rings (SSSR count). The summed E-state index contributed by atoms with van der Waals surface area (Å²) in [5.74, 6) is 0.111. The molecule has 21 heavy (non-hydrogen) atoms. The Morgan fingerprint density at radius 2 is 1.95 bits per heavy atom. The lowest BCUT2D eigenvalue weighted by Crippen LogP contribution is -2.41. The van der Waals surface area contributed by atoms with Crippen molar-refractivity contribution in [3.63, 3.8) is 0 Å². The number of nitrogens with one attached hydrogen (secondary N) is 1. The molecule has 2 N–H and O–H groups in total. The van der Waals surface area contributed by atoms with E-state index >= 15 is 0 Å². The number of carbonyl (C=O) groups is 2. The smallest absolute Gasteiger partial charge is 0.404 e. The van der Waals surface area contributed by atoms with Crippen molar-refractivity contribution in [2.75, 3.05) is 13.1 Å². The number of nitrogens with zero attached hydrogens (tertiary/aromatic N) is 1. The molecule has 1 unspecified atom stereocenters. The molecule has 1 saturated carbocycles. The standard InChI is InChI=1S/C15H17ClN2O3/c16-11-3-1-10(2-4-11)15(6-7-15)13(19)18-8-5-12(9-18)17-14(20)21/h1-4,12,17H,5-9H2,(H,20,21). The number of halogens is 1. The van der Waals surface area contributed by atoms with Gasteiger partial charge in [-0.2, -0.15) is 0 Å². The first-order chi connectivity index (χ1) is 10.0. The number of hydrogen-bond acceptors (Lipinski definition) is 2. The van der Waals surface area contributed by atoms with E-state index in [1.54, 1.807) is 4.90 Å². The van der Waals surface area contributed by atoms with Gasteiger partial charge in [-0.3, -0.25) is 4.79 Å². The van der Waals surface area contributed by atoms with Crippen LogP contribution in [0, 0.1) is 0 Å². The fraction of sp³-hybridized carbons (Fsp3) is 0.467. The van der Waals surface area contributed by atoms with Gasteiger partial charge in [-0.05, 0) is 37.0 Å². The number of carbonyl (C=O) groups excluding carboxylic acids is 1. The highest BCUT2D eigenvalue weighted by atomic mass is 35.5. The minimum atomic E-state index is -1.03. The van der Waals surface area contributed by atoms with E-state index in [0.29, 0.717) is 24.5 Å². The first-order valence-electron chi connectivity index (χ1n) is 7.06. The molecular formula is C15H17ClN2O3. The Balaban J connectivity index is 1.71. The fourth-order valence-corrected chi connectivity index (χ4v) is 3.19. The van der Waals surface area contributed by atoms with Gasteiger partial charge in [0.15, 0.2) is 0 Å². The highest BCUT2D eigenvalue weighted by molar-refractivity contribution is 6.30. The summed E-state index contributed by atoms with van der Waals surface area (Å²) < 4.78 is 0. The van der Waals surface area contributed by atoms with Crippen LogP contribution >= 0.6 is 11.6 Å². The van der Waals surface area contributed by atoms with Crippen LogP contribution in [0.3, 0.4) is 0 Å². The molecule has 1 aromatic rings. The molecule has 1 heterocycles. The Bertz CT molecular complexity index is 569. The predicted octanol–water partition coefficient (Wildman–Crippen LogP) is 2.24. The summed E-state index contributed by atoms with van der Waals surface area (Å²) >= 11 is 5.90. The van der Waals surface area contributed by atoms with Crippen molar-refractivity contribution >= 4 is 23.6 Å². The zero-order valence-electron chi connectivity index (χ0n) is 11.5. The van der Waals surface area contributed by atoms with E-state index in [2.05, 4.69) is 5.32 Å². The summed E-state index contributed by atoms with van der Waals surface area (Å²) in [5, 5.41) is 11.9. The minimum Gasteiger partial charge on any atom is -0.465 e. The Morgan fingerprint density at radius 3 is 2.52 bits per heavy atom. The molecule has 1 atom stereocenters. The van der Waals surface area contributed by atoms with Crippen LogP contribution < -0.4 is 5.32 Å². The zero-order valence-corrected chi connectivity index (χ0v) is 12.3. The SMILES string of the molecule is O=C(O)NC1CCN(C(=O)C2(c3ccc(Cl)cc3)CC2)C1. The molecular weight excluding hydrogens is 292 g/mol. The summed E-state index contributed by atoms with van der Waals surface area (Å²) in [5.41, 5.74) is 0.592. The van der Waals surface area contributed by atoms with Gasteiger partial charge in [0, 0.05) is 18.1 Å². The molecule has 1 saturated heterocycles. The number of likely N-dealkylation sites (tertiary alicyclic amines) is 1. The van der Waals surface area contributed by atoms with Crippen LogP contribution in [-0.4, -0.2) is 41.1 Å². The van der Waals surface area contributed by atoms with Crippen LogP contribution in [0.5, 0.6) is 0 Å². The number of rotatable bonds is 3. The van der Waals surface area contributed by atoms with Crippen LogP contribution in [0.1, 0.15) is 24.8 Å². The van der Waals surface area contributed by atoms with E-state index in [4.69, 9.17) is 16.7 Å². The van der Waals surface area contributed by atoms with Gasteiger partial charge in [-0.15, -0.1) is 0 Å². The van der Waals surface area contributed by atoms with Crippen molar-refractivity contribution in [3.8, 4) is 0 Å². The zero-order chi connectivity index (χ0) is 15.0. The van der Waals surface area contributed by atoms with Gasteiger partial charge >= 0.3 is 6.09 Å². The molecule has 1 aromatic carbocycles. The average molecular weight is 309 g/mol. The lowest BCUT2D eigenvalue weighted by atomic mass is 9.94. The van der Waals surface area contributed by atoms with Crippen LogP contribution in [0.15, 0.2) is 24.3 Å². The molecule has 2 amide bonds. The van der Waals surface area contributed by atoms with E-state index in [1.165, 1.54) is 0 Å². The second-order valence-electron chi connectivity index (χ2n) is 5.78. The second kappa shape index (κ2) is 5.22. The monoisotopic (exact) mass is 308 g/mol.